The lowest BCUT2D eigenvalue weighted by atomic mass is 9.93. The molecular weight excluding hydrogens is 402 g/mol. The molecule has 0 radical (unpaired) electrons. The van der Waals surface area contributed by atoms with Crippen molar-refractivity contribution in [1.29, 1.82) is 0 Å². The van der Waals surface area contributed by atoms with E-state index in [1.54, 1.807) is 31.4 Å². The fourth-order valence-electron chi connectivity index (χ4n) is 3.63. The maximum absolute atomic E-state index is 12.5. The molecule has 1 aliphatic carbocycles. The molecule has 0 spiro atoms. The molecular formula is C27H29NO4. The van der Waals surface area contributed by atoms with E-state index in [1.165, 1.54) is 0 Å². The molecule has 0 aliphatic heterocycles. The van der Waals surface area contributed by atoms with Crippen LogP contribution in [0.15, 0.2) is 66.3 Å². The van der Waals surface area contributed by atoms with E-state index in [9.17, 15) is 9.59 Å². The second kappa shape index (κ2) is 10.6. The third-order valence-corrected chi connectivity index (χ3v) is 5.37. The van der Waals surface area contributed by atoms with E-state index in [2.05, 4.69) is 13.0 Å². The fraction of sp³-hybridized carbons (Fsp3) is 0.259. The van der Waals surface area contributed by atoms with E-state index >= 15 is 0 Å². The quantitative estimate of drug-likeness (QED) is 0.564. The van der Waals surface area contributed by atoms with Crippen LogP contribution in [0.25, 0.3) is 6.08 Å². The van der Waals surface area contributed by atoms with Gasteiger partial charge in [-0.25, -0.2) is 0 Å². The summed E-state index contributed by atoms with van der Waals surface area (Å²) in [6, 6.07) is 10.9. The summed E-state index contributed by atoms with van der Waals surface area (Å²) < 4.78 is 11.7. The Morgan fingerprint density at radius 3 is 2.72 bits per heavy atom. The largest absolute Gasteiger partial charge is 0.493 e. The van der Waals surface area contributed by atoms with Crippen LogP contribution in [0.5, 0.6) is 11.5 Å². The molecule has 3 rings (SSSR count). The van der Waals surface area contributed by atoms with Gasteiger partial charge in [-0.1, -0.05) is 50.3 Å². The number of allylic oxidation sites excluding steroid dienone is 5. The standard InChI is InChI=1S/C27H29NO4/c1-4-21-14-19(11-12-24(29)22-9-5-7-18(2)13-22)16-25(31-3)26(21)32-17-20-8-6-10-23(15-20)27(28)30/h5-12,14-16,18H,4,13,17H2,1-3H3,(H2,28,30)/b12-11+. The second-order valence-corrected chi connectivity index (χ2v) is 7.87. The molecule has 1 unspecified atom stereocenters. The first kappa shape index (κ1) is 23.1. The van der Waals surface area contributed by atoms with E-state index in [1.807, 2.05) is 43.4 Å². The summed E-state index contributed by atoms with van der Waals surface area (Å²) in [5.74, 6) is 1.17. The lowest BCUT2D eigenvalue weighted by Crippen LogP contribution is -2.11. The van der Waals surface area contributed by atoms with Gasteiger partial charge in [-0.15, -0.1) is 0 Å². The third-order valence-electron chi connectivity index (χ3n) is 5.37. The lowest BCUT2D eigenvalue weighted by Gasteiger charge is -2.16. The highest BCUT2D eigenvalue weighted by molar-refractivity contribution is 6.06. The van der Waals surface area contributed by atoms with E-state index in [4.69, 9.17) is 15.2 Å². The fourth-order valence-corrected chi connectivity index (χ4v) is 3.63. The molecule has 2 aromatic carbocycles. The number of nitrogens with two attached hydrogens (primary N) is 1. The van der Waals surface area contributed by atoms with Crippen molar-refractivity contribution in [2.75, 3.05) is 7.11 Å². The Hall–Kier alpha value is -3.60. The number of benzene rings is 2. The Balaban J connectivity index is 1.79. The van der Waals surface area contributed by atoms with Crippen LogP contribution in [-0.2, 0) is 17.8 Å². The Kier molecular flexibility index (Phi) is 7.66. The van der Waals surface area contributed by atoms with Gasteiger partial charge in [0, 0.05) is 5.56 Å². The van der Waals surface area contributed by atoms with Gasteiger partial charge in [-0.3, -0.25) is 9.59 Å². The van der Waals surface area contributed by atoms with Crippen molar-refractivity contribution < 1.29 is 19.1 Å². The number of hydrogen-bond acceptors (Lipinski definition) is 4. The van der Waals surface area contributed by atoms with Gasteiger partial charge in [0.2, 0.25) is 5.91 Å². The van der Waals surface area contributed by atoms with Crippen molar-refractivity contribution in [3.05, 3.63) is 88.5 Å². The van der Waals surface area contributed by atoms with Crippen molar-refractivity contribution in [3.63, 3.8) is 0 Å². The predicted molar refractivity (Wildman–Crippen MR) is 127 cm³/mol. The zero-order valence-electron chi connectivity index (χ0n) is 18.8. The normalized spacial score (nSPS) is 15.5. The second-order valence-electron chi connectivity index (χ2n) is 7.87. The molecule has 0 fully saturated rings. The first-order valence-corrected chi connectivity index (χ1v) is 10.7. The van der Waals surface area contributed by atoms with E-state index in [0.717, 1.165) is 35.1 Å². The molecule has 0 heterocycles. The lowest BCUT2D eigenvalue weighted by molar-refractivity contribution is -0.111. The molecule has 0 saturated heterocycles. The predicted octanol–water partition coefficient (Wildman–Crippen LogP) is 5.04. The van der Waals surface area contributed by atoms with Gasteiger partial charge in [0.15, 0.2) is 17.3 Å². The molecule has 32 heavy (non-hydrogen) atoms. The van der Waals surface area contributed by atoms with E-state index in [0.29, 0.717) is 23.0 Å². The van der Waals surface area contributed by atoms with Crippen LogP contribution in [0.1, 0.15) is 47.3 Å². The summed E-state index contributed by atoms with van der Waals surface area (Å²) in [6.07, 6.45) is 10.8. The van der Waals surface area contributed by atoms with Gasteiger partial charge in [-0.2, -0.15) is 0 Å². The van der Waals surface area contributed by atoms with Crippen molar-refractivity contribution in [3.8, 4) is 11.5 Å². The zero-order valence-corrected chi connectivity index (χ0v) is 18.8. The third kappa shape index (κ3) is 5.76. The summed E-state index contributed by atoms with van der Waals surface area (Å²) in [6.45, 7) is 4.41. The minimum absolute atomic E-state index is 0.0212. The summed E-state index contributed by atoms with van der Waals surface area (Å²) >= 11 is 0. The van der Waals surface area contributed by atoms with Crippen LogP contribution in [0, 0.1) is 5.92 Å². The molecule has 5 nitrogen and oxygen atoms in total. The summed E-state index contributed by atoms with van der Waals surface area (Å²) in [7, 11) is 1.59. The molecule has 1 aliphatic rings. The van der Waals surface area contributed by atoms with E-state index < -0.39 is 5.91 Å². The van der Waals surface area contributed by atoms with Gasteiger partial charge in [0.05, 0.1) is 7.11 Å². The smallest absolute Gasteiger partial charge is 0.248 e. The number of hydrogen-bond donors (Lipinski definition) is 1. The van der Waals surface area contributed by atoms with Gasteiger partial charge in [0.25, 0.3) is 0 Å². The first-order valence-electron chi connectivity index (χ1n) is 10.7. The number of ether oxygens (including phenoxy) is 2. The summed E-state index contributed by atoms with van der Waals surface area (Å²) in [4.78, 5) is 24.0. The van der Waals surface area contributed by atoms with E-state index in [-0.39, 0.29) is 12.4 Å². The molecule has 2 aromatic rings. The van der Waals surface area contributed by atoms with Gasteiger partial charge in [-0.05, 0) is 71.4 Å². The molecule has 1 amide bonds. The van der Waals surface area contributed by atoms with Gasteiger partial charge in [0.1, 0.15) is 6.61 Å². The number of methoxy groups -OCH3 is 1. The van der Waals surface area contributed by atoms with Crippen LogP contribution >= 0.6 is 0 Å². The number of rotatable bonds is 9. The molecule has 166 valence electrons. The van der Waals surface area contributed by atoms with Crippen LogP contribution < -0.4 is 15.2 Å². The minimum Gasteiger partial charge on any atom is -0.493 e. The maximum Gasteiger partial charge on any atom is 0.248 e. The molecule has 0 aromatic heterocycles. The zero-order chi connectivity index (χ0) is 23.1. The number of ketones is 1. The minimum atomic E-state index is -0.473. The average molecular weight is 432 g/mol. The highest BCUT2D eigenvalue weighted by Gasteiger charge is 2.14. The van der Waals surface area contributed by atoms with Gasteiger partial charge >= 0.3 is 0 Å². The molecule has 0 saturated carbocycles. The van der Waals surface area contributed by atoms with Crippen LogP contribution in [0.4, 0.5) is 0 Å². The Labute approximate surface area is 189 Å². The average Bonchev–Trinajstić information content (AvgIpc) is 2.81. The number of primary amides is 1. The van der Waals surface area contributed by atoms with Crippen LogP contribution in [0.2, 0.25) is 0 Å². The van der Waals surface area contributed by atoms with Crippen LogP contribution in [-0.4, -0.2) is 18.8 Å². The monoisotopic (exact) mass is 431 g/mol. The number of carbonyl (C=O) groups excluding carboxylic acids is 2. The Morgan fingerprint density at radius 1 is 1.22 bits per heavy atom. The topological polar surface area (TPSA) is 78.6 Å². The molecule has 0 bridgehead atoms. The van der Waals surface area contributed by atoms with Crippen molar-refractivity contribution in [2.24, 2.45) is 11.7 Å². The Bertz CT molecular complexity index is 1070. The van der Waals surface area contributed by atoms with Crippen molar-refractivity contribution in [1.82, 2.24) is 0 Å². The summed E-state index contributed by atoms with van der Waals surface area (Å²) in [5.41, 5.74) is 9.30. The summed E-state index contributed by atoms with van der Waals surface area (Å²) in [5, 5.41) is 0. The maximum atomic E-state index is 12.5. The molecule has 5 heteroatoms. The first-order chi connectivity index (χ1) is 15.4. The SMILES string of the molecule is CCc1cc(/C=C/C(=O)C2=CC=CC(C)C2)cc(OC)c1OCc1cccc(C(N)=O)c1. The highest BCUT2D eigenvalue weighted by atomic mass is 16.5. The number of carbonyl (C=O) groups is 2. The molecule has 1 atom stereocenters. The Morgan fingerprint density at radius 2 is 2.03 bits per heavy atom. The highest BCUT2D eigenvalue weighted by Crippen LogP contribution is 2.34. The van der Waals surface area contributed by atoms with Gasteiger partial charge < -0.3 is 15.2 Å². The van der Waals surface area contributed by atoms with Crippen LogP contribution in [0.3, 0.4) is 0 Å². The van der Waals surface area contributed by atoms with Crippen molar-refractivity contribution in [2.45, 2.75) is 33.3 Å². The number of amides is 1. The molecule has 2 N–H and O–H groups in total. The van der Waals surface area contributed by atoms with Crippen molar-refractivity contribution >= 4 is 17.8 Å². The number of aryl methyl sites for hydroxylation is 1.